The van der Waals surface area contributed by atoms with Gasteiger partial charge in [0.25, 0.3) is 0 Å². The number of nitrogens with zero attached hydrogens (tertiary/aromatic N) is 2. The second-order valence-corrected chi connectivity index (χ2v) is 5.08. The first-order valence-electron chi connectivity index (χ1n) is 5.58. The highest BCUT2D eigenvalue weighted by Gasteiger charge is 2.10. The number of nitrogens with one attached hydrogen (secondary N) is 1. The average Bonchev–Trinajstić information content (AvgIpc) is 2.70. The quantitative estimate of drug-likeness (QED) is 0.936. The number of halogens is 1. The molecule has 1 atom stereocenters. The zero-order chi connectivity index (χ0) is 12.4. The third-order valence-electron chi connectivity index (χ3n) is 2.79. The lowest BCUT2D eigenvalue weighted by Gasteiger charge is -2.15. The second kappa shape index (κ2) is 4.92. The lowest BCUT2D eigenvalue weighted by Crippen LogP contribution is -2.11. The molecule has 0 bridgehead atoms. The first-order valence-corrected chi connectivity index (χ1v) is 6.37. The number of aryl methyl sites for hydroxylation is 2. The summed E-state index contributed by atoms with van der Waals surface area (Å²) < 4.78 is 3.16. The molecule has 0 saturated heterocycles. The van der Waals surface area contributed by atoms with Crippen molar-refractivity contribution in [3.8, 4) is 0 Å². The molecule has 0 saturated carbocycles. The van der Waals surface area contributed by atoms with Crippen molar-refractivity contribution >= 4 is 21.6 Å². The number of hydrogen-bond acceptors (Lipinski definition) is 2. The van der Waals surface area contributed by atoms with Gasteiger partial charge in [0.2, 0.25) is 0 Å². The molecule has 2 aromatic rings. The fourth-order valence-electron chi connectivity index (χ4n) is 1.84. The molecule has 0 radical (unpaired) electrons. The predicted molar refractivity (Wildman–Crippen MR) is 74.1 cm³/mol. The van der Waals surface area contributed by atoms with Gasteiger partial charge in [-0.1, -0.05) is 15.9 Å². The van der Waals surface area contributed by atoms with E-state index in [0.717, 1.165) is 16.0 Å². The number of hydrogen-bond donors (Lipinski definition) is 1. The predicted octanol–water partition coefficient (Wildman–Crippen LogP) is 3.66. The summed E-state index contributed by atoms with van der Waals surface area (Å²) in [7, 11) is 2.01. The van der Waals surface area contributed by atoms with Crippen molar-refractivity contribution in [3.05, 3.63) is 46.5 Å². The number of imidazole rings is 1. The lowest BCUT2D eigenvalue weighted by atomic mass is 10.2. The highest BCUT2D eigenvalue weighted by atomic mass is 79.9. The molecule has 0 fully saturated rings. The van der Waals surface area contributed by atoms with E-state index in [1.54, 1.807) is 0 Å². The summed E-state index contributed by atoms with van der Waals surface area (Å²) in [6, 6.07) is 6.44. The molecule has 0 amide bonds. The van der Waals surface area contributed by atoms with Crippen LogP contribution in [0.2, 0.25) is 0 Å². The molecule has 0 aliphatic rings. The Bertz CT molecular complexity index is 519. The van der Waals surface area contributed by atoms with Gasteiger partial charge in [0.1, 0.15) is 5.82 Å². The van der Waals surface area contributed by atoms with E-state index in [1.807, 2.05) is 24.0 Å². The largest absolute Gasteiger partial charge is 0.375 e. The standard InChI is InChI=1S/C13H16BrN3/c1-9-8-11(4-5-12(9)14)16-10(2)13-15-6-7-17(13)3/h4-8,10,16H,1-3H3. The van der Waals surface area contributed by atoms with Gasteiger partial charge in [-0.05, 0) is 37.6 Å². The monoisotopic (exact) mass is 293 g/mol. The van der Waals surface area contributed by atoms with Gasteiger partial charge in [0.05, 0.1) is 6.04 Å². The molecule has 3 nitrogen and oxygen atoms in total. The van der Waals surface area contributed by atoms with E-state index in [2.05, 4.69) is 58.3 Å². The molecule has 1 heterocycles. The van der Waals surface area contributed by atoms with E-state index in [9.17, 15) is 0 Å². The Hall–Kier alpha value is -1.29. The second-order valence-electron chi connectivity index (χ2n) is 4.23. The molecule has 1 aromatic carbocycles. The maximum Gasteiger partial charge on any atom is 0.130 e. The minimum absolute atomic E-state index is 0.190. The van der Waals surface area contributed by atoms with Crippen LogP contribution in [0.25, 0.3) is 0 Å². The van der Waals surface area contributed by atoms with Crippen LogP contribution in [0.15, 0.2) is 35.1 Å². The summed E-state index contributed by atoms with van der Waals surface area (Å²) in [4.78, 5) is 4.34. The van der Waals surface area contributed by atoms with Gasteiger partial charge in [0.15, 0.2) is 0 Å². The van der Waals surface area contributed by atoms with Crippen LogP contribution in [0.3, 0.4) is 0 Å². The summed E-state index contributed by atoms with van der Waals surface area (Å²) in [6.45, 7) is 4.19. The van der Waals surface area contributed by atoms with Crippen LogP contribution >= 0.6 is 15.9 Å². The van der Waals surface area contributed by atoms with Crippen LogP contribution in [-0.4, -0.2) is 9.55 Å². The normalized spacial score (nSPS) is 12.5. The van der Waals surface area contributed by atoms with Crippen LogP contribution < -0.4 is 5.32 Å². The molecule has 0 spiro atoms. The third-order valence-corrected chi connectivity index (χ3v) is 3.68. The number of benzene rings is 1. The molecule has 90 valence electrons. The first kappa shape index (κ1) is 12.2. The van der Waals surface area contributed by atoms with E-state index < -0.39 is 0 Å². The Kier molecular flexibility index (Phi) is 3.52. The SMILES string of the molecule is Cc1cc(NC(C)c2nccn2C)ccc1Br. The van der Waals surface area contributed by atoms with Crippen molar-refractivity contribution in [2.24, 2.45) is 7.05 Å². The van der Waals surface area contributed by atoms with E-state index in [-0.39, 0.29) is 6.04 Å². The van der Waals surface area contributed by atoms with E-state index in [1.165, 1.54) is 5.56 Å². The molecule has 1 aromatic heterocycles. The Labute approximate surface area is 110 Å². The lowest BCUT2D eigenvalue weighted by molar-refractivity contribution is 0.721. The smallest absolute Gasteiger partial charge is 0.130 e. The van der Waals surface area contributed by atoms with Crippen molar-refractivity contribution in [1.29, 1.82) is 0 Å². The van der Waals surface area contributed by atoms with Crippen LogP contribution in [0, 0.1) is 6.92 Å². The van der Waals surface area contributed by atoms with Gasteiger partial charge < -0.3 is 9.88 Å². The Morgan fingerprint density at radius 2 is 2.18 bits per heavy atom. The van der Waals surface area contributed by atoms with Gasteiger partial charge in [-0.25, -0.2) is 4.98 Å². The van der Waals surface area contributed by atoms with Gasteiger partial charge >= 0.3 is 0 Å². The van der Waals surface area contributed by atoms with Gasteiger partial charge in [-0.15, -0.1) is 0 Å². The molecule has 1 unspecified atom stereocenters. The van der Waals surface area contributed by atoms with Gasteiger partial charge in [-0.2, -0.15) is 0 Å². The maximum absolute atomic E-state index is 4.34. The van der Waals surface area contributed by atoms with Crippen molar-refractivity contribution in [2.75, 3.05) is 5.32 Å². The zero-order valence-electron chi connectivity index (χ0n) is 10.2. The minimum Gasteiger partial charge on any atom is -0.375 e. The molecule has 1 N–H and O–H groups in total. The maximum atomic E-state index is 4.34. The minimum atomic E-state index is 0.190. The Morgan fingerprint density at radius 1 is 1.41 bits per heavy atom. The molecular formula is C13H16BrN3. The van der Waals surface area contributed by atoms with E-state index >= 15 is 0 Å². The van der Waals surface area contributed by atoms with Crippen molar-refractivity contribution in [1.82, 2.24) is 9.55 Å². The van der Waals surface area contributed by atoms with Gasteiger partial charge in [0, 0.05) is 29.6 Å². The fraction of sp³-hybridized carbons (Fsp3) is 0.308. The van der Waals surface area contributed by atoms with Crippen molar-refractivity contribution in [3.63, 3.8) is 0 Å². The molecule has 0 aliphatic heterocycles. The highest BCUT2D eigenvalue weighted by Crippen LogP contribution is 2.23. The van der Waals surface area contributed by atoms with Crippen LogP contribution in [0.1, 0.15) is 24.4 Å². The molecule has 2 rings (SSSR count). The Balaban J connectivity index is 2.16. The first-order chi connectivity index (χ1) is 8.08. The number of anilines is 1. The topological polar surface area (TPSA) is 29.9 Å². The summed E-state index contributed by atoms with van der Waals surface area (Å²) in [6.07, 6.45) is 3.78. The highest BCUT2D eigenvalue weighted by molar-refractivity contribution is 9.10. The fourth-order valence-corrected chi connectivity index (χ4v) is 2.09. The molecule has 4 heteroatoms. The van der Waals surface area contributed by atoms with E-state index in [0.29, 0.717) is 0 Å². The average molecular weight is 294 g/mol. The van der Waals surface area contributed by atoms with E-state index in [4.69, 9.17) is 0 Å². The third kappa shape index (κ3) is 2.69. The zero-order valence-corrected chi connectivity index (χ0v) is 11.8. The van der Waals surface area contributed by atoms with Crippen molar-refractivity contribution in [2.45, 2.75) is 19.9 Å². The molecule has 17 heavy (non-hydrogen) atoms. The summed E-state index contributed by atoms with van der Waals surface area (Å²) in [5.74, 6) is 1.03. The van der Waals surface area contributed by atoms with Crippen molar-refractivity contribution < 1.29 is 0 Å². The van der Waals surface area contributed by atoms with Crippen LogP contribution in [0.4, 0.5) is 5.69 Å². The summed E-state index contributed by atoms with van der Waals surface area (Å²) in [5, 5.41) is 3.45. The summed E-state index contributed by atoms with van der Waals surface area (Å²) in [5.41, 5.74) is 2.34. The Morgan fingerprint density at radius 3 is 2.76 bits per heavy atom. The molecular weight excluding hydrogens is 278 g/mol. The van der Waals surface area contributed by atoms with Crippen LogP contribution in [-0.2, 0) is 7.05 Å². The number of aromatic nitrogens is 2. The molecule has 0 aliphatic carbocycles. The van der Waals surface area contributed by atoms with Crippen LogP contribution in [0.5, 0.6) is 0 Å². The summed E-state index contributed by atoms with van der Waals surface area (Å²) >= 11 is 3.50. The van der Waals surface area contributed by atoms with Gasteiger partial charge in [-0.3, -0.25) is 0 Å². The number of rotatable bonds is 3.